The molecule has 5 fully saturated rings. The number of carbonyl (C=O) groups is 2. The maximum atomic E-state index is 13.9. The first-order valence-electron chi connectivity index (χ1n) is 16.8. The molecule has 2 saturated carbocycles. The summed E-state index contributed by atoms with van der Waals surface area (Å²) in [5, 5.41) is 13.8. The average molecular weight is 617 g/mol. The summed E-state index contributed by atoms with van der Waals surface area (Å²) >= 11 is 0. The van der Waals surface area contributed by atoms with E-state index in [4.69, 9.17) is 19.3 Å². The van der Waals surface area contributed by atoms with Crippen molar-refractivity contribution in [1.29, 1.82) is 0 Å². The van der Waals surface area contributed by atoms with Crippen LogP contribution in [0.5, 0.6) is 0 Å². The molecule has 6 heterocycles. The Bertz CT molecular complexity index is 1570. The van der Waals surface area contributed by atoms with Crippen LogP contribution < -0.4 is 0 Å². The largest absolute Gasteiger partial charge is 0.357 e. The van der Waals surface area contributed by atoms with E-state index in [0.29, 0.717) is 56.0 Å². The number of nitrogens with zero attached hydrogens (tertiary/aromatic N) is 8. The van der Waals surface area contributed by atoms with Crippen molar-refractivity contribution < 1.29 is 18.8 Å². The van der Waals surface area contributed by atoms with E-state index in [-0.39, 0.29) is 46.7 Å². The highest BCUT2D eigenvalue weighted by molar-refractivity contribution is 5.94. The SMILES string of the molecule is CC(c1nc(C2CN(C(=O)c3cnn(C4CCCCO4)c3)CC23CN(C(=O)[C@H]2CC2(C)C)C3)no1)n1ccc(C2CCCC2)n1. The third-order valence-electron chi connectivity index (χ3n) is 11.3. The third-order valence-corrected chi connectivity index (χ3v) is 11.3. The normalized spacial score (nSPS) is 28.0. The molecule has 3 aromatic rings. The van der Waals surface area contributed by atoms with E-state index >= 15 is 0 Å². The topological polar surface area (TPSA) is 124 Å². The van der Waals surface area contributed by atoms with Crippen LogP contribution in [0.1, 0.15) is 124 Å². The molecule has 0 radical (unpaired) electrons. The molecule has 1 spiro atoms. The van der Waals surface area contributed by atoms with Gasteiger partial charge in [-0.15, -0.1) is 0 Å². The van der Waals surface area contributed by atoms with Gasteiger partial charge in [0.2, 0.25) is 5.91 Å². The second kappa shape index (κ2) is 10.8. The van der Waals surface area contributed by atoms with Crippen molar-refractivity contribution in [3.63, 3.8) is 0 Å². The molecular weight excluding hydrogens is 572 g/mol. The maximum absolute atomic E-state index is 13.9. The van der Waals surface area contributed by atoms with Crippen LogP contribution in [0.15, 0.2) is 29.2 Å². The molecule has 0 N–H and O–H groups in total. The number of ether oxygens (including phenoxy) is 1. The molecule has 2 amide bonds. The van der Waals surface area contributed by atoms with E-state index in [2.05, 4.69) is 30.2 Å². The molecule has 0 aromatic carbocycles. The molecule has 3 aromatic heterocycles. The quantitative estimate of drug-likeness (QED) is 0.379. The molecule has 3 saturated heterocycles. The highest BCUT2D eigenvalue weighted by Gasteiger charge is 2.61. The van der Waals surface area contributed by atoms with E-state index in [0.717, 1.165) is 31.4 Å². The molecule has 8 rings (SSSR count). The van der Waals surface area contributed by atoms with Crippen LogP contribution in [-0.2, 0) is 9.53 Å². The number of amides is 2. The van der Waals surface area contributed by atoms with E-state index in [9.17, 15) is 9.59 Å². The predicted octanol–water partition coefficient (Wildman–Crippen LogP) is 4.54. The molecule has 4 atom stereocenters. The van der Waals surface area contributed by atoms with Crippen LogP contribution in [0.4, 0.5) is 0 Å². The van der Waals surface area contributed by atoms with Crippen LogP contribution in [0.25, 0.3) is 0 Å². The first-order valence-corrected chi connectivity index (χ1v) is 16.8. The Morgan fingerprint density at radius 3 is 2.53 bits per heavy atom. The second-order valence-electron chi connectivity index (χ2n) is 14.9. The van der Waals surface area contributed by atoms with Gasteiger partial charge in [0.1, 0.15) is 12.3 Å². The van der Waals surface area contributed by atoms with Gasteiger partial charge < -0.3 is 19.1 Å². The van der Waals surface area contributed by atoms with Gasteiger partial charge in [-0.1, -0.05) is 31.8 Å². The number of likely N-dealkylation sites (tertiary alicyclic amines) is 2. The number of hydrogen-bond donors (Lipinski definition) is 0. The smallest absolute Gasteiger partial charge is 0.257 e. The average Bonchev–Trinajstić information content (AvgIpc) is 3.77. The molecule has 3 unspecified atom stereocenters. The molecule has 45 heavy (non-hydrogen) atoms. The lowest BCUT2D eigenvalue weighted by atomic mass is 9.71. The lowest BCUT2D eigenvalue weighted by Gasteiger charge is -2.50. The van der Waals surface area contributed by atoms with Gasteiger partial charge in [0.25, 0.3) is 11.8 Å². The van der Waals surface area contributed by atoms with E-state index in [1.165, 1.54) is 25.7 Å². The second-order valence-corrected chi connectivity index (χ2v) is 14.9. The van der Waals surface area contributed by atoms with Crippen LogP contribution in [0, 0.1) is 16.7 Å². The minimum atomic E-state index is -0.321. The molecule has 12 nitrogen and oxygen atoms in total. The Kier molecular flexibility index (Phi) is 6.92. The summed E-state index contributed by atoms with van der Waals surface area (Å²) in [6.07, 6.45) is 14.2. The predicted molar refractivity (Wildman–Crippen MR) is 162 cm³/mol. The monoisotopic (exact) mass is 616 g/mol. The van der Waals surface area contributed by atoms with Gasteiger partial charge >= 0.3 is 0 Å². The summed E-state index contributed by atoms with van der Waals surface area (Å²) in [4.78, 5) is 35.9. The Morgan fingerprint density at radius 1 is 1.04 bits per heavy atom. The van der Waals surface area contributed by atoms with Crippen LogP contribution in [-0.4, -0.2) is 84.1 Å². The van der Waals surface area contributed by atoms with Gasteiger partial charge in [-0.3, -0.25) is 14.3 Å². The van der Waals surface area contributed by atoms with Crippen molar-refractivity contribution in [2.24, 2.45) is 16.7 Å². The Hall–Kier alpha value is -3.54. The van der Waals surface area contributed by atoms with E-state index in [1.807, 2.05) is 33.8 Å². The van der Waals surface area contributed by atoms with Gasteiger partial charge in [-0.25, -0.2) is 4.68 Å². The summed E-state index contributed by atoms with van der Waals surface area (Å²) in [5.41, 5.74) is 1.44. The lowest BCUT2D eigenvalue weighted by molar-refractivity contribution is -0.145. The summed E-state index contributed by atoms with van der Waals surface area (Å²) < 4.78 is 15.4. The third kappa shape index (κ3) is 5.09. The standard InChI is InChI=1S/C33H44N8O4/c1-21(40-12-11-26(36-40)22-8-4-5-9-22)29-35-28(37-45-29)25-17-38(18-33(25)19-39(20-33)31(43)24-14-32(24,2)3)30(42)23-15-34-41(16-23)27-10-6-7-13-44-27/h11-12,15-16,21-22,24-25,27H,4-10,13-14,17-20H2,1-3H3/t21?,24-,25?,27?/m1/s1. The number of aromatic nitrogens is 6. The van der Waals surface area contributed by atoms with Gasteiger partial charge in [0, 0.05) is 62.4 Å². The van der Waals surface area contributed by atoms with Gasteiger partial charge in [-0.05, 0) is 56.9 Å². The molecule has 5 aliphatic rings. The van der Waals surface area contributed by atoms with Crippen LogP contribution in [0.2, 0.25) is 0 Å². The summed E-state index contributed by atoms with van der Waals surface area (Å²) in [5.74, 6) is 1.73. The molecule has 240 valence electrons. The van der Waals surface area contributed by atoms with Crippen molar-refractivity contribution in [1.82, 2.24) is 39.5 Å². The van der Waals surface area contributed by atoms with Crippen molar-refractivity contribution in [3.05, 3.63) is 47.6 Å². The fourth-order valence-corrected chi connectivity index (χ4v) is 8.18. The summed E-state index contributed by atoms with van der Waals surface area (Å²) in [7, 11) is 0. The van der Waals surface area contributed by atoms with Crippen molar-refractivity contribution in [2.45, 2.75) is 96.2 Å². The number of hydrogen-bond acceptors (Lipinski definition) is 8. The molecule has 3 aliphatic heterocycles. The Labute approximate surface area is 263 Å². The van der Waals surface area contributed by atoms with Crippen LogP contribution in [0.3, 0.4) is 0 Å². The Morgan fingerprint density at radius 2 is 1.80 bits per heavy atom. The zero-order chi connectivity index (χ0) is 30.9. The van der Waals surface area contributed by atoms with E-state index < -0.39 is 0 Å². The first-order chi connectivity index (χ1) is 21.7. The van der Waals surface area contributed by atoms with Gasteiger partial charge in [0.05, 0.1) is 23.4 Å². The molecule has 12 heteroatoms. The van der Waals surface area contributed by atoms with Crippen molar-refractivity contribution >= 4 is 11.8 Å². The maximum Gasteiger partial charge on any atom is 0.257 e. The molecule has 0 bridgehead atoms. The number of carbonyl (C=O) groups excluding carboxylic acids is 2. The lowest BCUT2D eigenvalue weighted by Crippen LogP contribution is -2.62. The summed E-state index contributed by atoms with van der Waals surface area (Å²) in [6.45, 7) is 9.21. The minimum absolute atomic E-state index is 0.0693. The zero-order valence-corrected chi connectivity index (χ0v) is 26.6. The zero-order valence-electron chi connectivity index (χ0n) is 26.6. The van der Waals surface area contributed by atoms with Crippen LogP contribution >= 0.6 is 0 Å². The van der Waals surface area contributed by atoms with Crippen molar-refractivity contribution in [3.8, 4) is 0 Å². The number of rotatable bonds is 7. The van der Waals surface area contributed by atoms with Gasteiger partial charge in [-0.2, -0.15) is 15.2 Å². The summed E-state index contributed by atoms with van der Waals surface area (Å²) in [6, 6.07) is 1.91. The fourth-order valence-electron chi connectivity index (χ4n) is 8.18. The van der Waals surface area contributed by atoms with Crippen molar-refractivity contribution in [2.75, 3.05) is 32.8 Å². The highest BCUT2D eigenvalue weighted by Crippen LogP contribution is 2.55. The first kappa shape index (κ1) is 28.9. The Balaban J connectivity index is 1.02. The van der Waals surface area contributed by atoms with E-state index in [1.54, 1.807) is 10.9 Å². The molecular formula is C33H44N8O4. The molecule has 2 aliphatic carbocycles. The minimum Gasteiger partial charge on any atom is -0.357 e. The fraction of sp³-hybridized carbons (Fsp3) is 0.697. The van der Waals surface area contributed by atoms with Gasteiger partial charge in [0.15, 0.2) is 5.82 Å². The highest BCUT2D eigenvalue weighted by atomic mass is 16.5.